The van der Waals surface area contributed by atoms with Gasteiger partial charge in [0.15, 0.2) is 0 Å². The van der Waals surface area contributed by atoms with Crippen LogP contribution in [0, 0.1) is 23.3 Å². The first-order valence-corrected chi connectivity index (χ1v) is 17.4. The summed E-state index contributed by atoms with van der Waals surface area (Å²) in [5, 5.41) is 6.59. The fraction of sp³-hybridized carbons (Fsp3) is 0. The van der Waals surface area contributed by atoms with Gasteiger partial charge < -0.3 is 0 Å². The van der Waals surface area contributed by atoms with E-state index in [0.717, 1.165) is 38.1 Å². The van der Waals surface area contributed by atoms with E-state index >= 15 is 8.78 Å². The van der Waals surface area contributed by atoms with Crippen LogP contribution in [0.1, 0.15) is 0 Å². The van der Waals surface area contributed by atoms with Crippen LogP contribution in [-0.2, 0) is 0 Å². The molecule has 0 nitrogen and oxygen atoms in total. The van der Waals surface area contributed by atoms with Crippen molar-refractivity contribution in [2.24, 2.45) is 0 Å². The van der Waals surface area contributed by atoms with Crippen LogP contribution in [0.3, 0.4) is 0 Å². The van der Waals surface area contributed by atoms with Crippen LogP contribution < -0.4 is 0 Å². The Kier molecular flexibility index (Phi) is 4.87. The van der Waals surface area contributed by atoms with E-state index in [4.69, 9.17) is 0 Å². The Balaban J connectivity index is 1.36. The summed E-state index contributed by atoms with van der Waals surface area (Å²) in [4.78, 5) is 0.791. The third-order valence-corrected chi connectivity index (χ3v) is 15.9. The van der Waals surface area contributed by atoms with Crippen molar-refractivity contribution in [1.29, 1.82) is 0 Å². The van der Waals surface area contributed by atoms with E-state index in [-0.39, 0.29) is 52.3 Å². The van der Waals surface area contributed by atoms with Gasteiger partial charge in [0, 0.05) is 0 Å². The maximum atomic E-state index is 15.3. The fourth-order valence-electron chi connectivity index (χ4n) is 4.58. The minimum atomic E-state index is -0.366. The van der Waals surface area contributed by atoms with Gasteiger partial charge >= 0.3 is 230 Å². The molecule has 6 heterocycles. The van der Waals surface area contributed by atoms with Gasteiger partial charge in [0.2, 0.25) is 0 Å². The van der Waals surface area contributed by atoms with Gasteiger partial charge in [0.05, 0.1) is 0 Å². The zero-order valence-electron chi connectivity index (χ0n) is 17.6. The molecule has 6 aromatic heterocycles. The molecule has 176 valence electrons. The summed E-state index contributed by atoms with van der Waals surface area (Å²) in [6.07, 6.45) is 0. The number of thiophene rings is 4. The van der Waals surface area contributed by atoms with E-state index in [2.05, 4.69) is 12.1 Å². The monoisotopic (exact) mass is 684 g/mol. The van der Waals surface area contributed by atoms with Gasteiger partial charge in [0.1, 0.15) is 0 Å². The van der Waals surface area contributed by atoms with Crippen molar-refractivity contribution in [2.45, 2.75) is 0 Å². The molecule has 0 bridgehead atoms. The third-order valence-electron chi connectivity index (χ3n) is 6.23. The Morgan fingerprint density at radius 1 is 0.556 bits per heavy atom. The van der Waals surface area contributed by atoms with Gasteiger partial charge in [-0.15, -0.1) is 0 Å². The van der Waals surface area contributed by atoms with Crippen LogP contribution in [0.25, 0.3) is 67.5 Å². The van der Waals surface area contributed by atoms with Crippen LogP contribution in [0.2, 0.25) is 0 Å². The summed E-state index contributed by atoms with van der Waals surface area (Å²) in [5.41, 5.74) is 0. The van der Waals surface area contributed by atoms with E-state index in [1.54, 1.807) is 33.4 Å². The molecule has 0 fully saturated rings. The Morgan fingerprint density at radius 3 is 1.39 bits per heavy atom. The molecule has 8 rings (SSSR count). The van der Waals surface area contributed by atoms with Crippen LogP contribution >= 0.6 is 45.3 Å². The zero-order chi connectivity index (χ0) is 24.3. The molecule has 0 aliphatic rings. The second-order valence-electron chi connectivity index (χ2n) is 8.24. The molecule has 10 heteroatoms. The van der Waals surface area contributed by atoms with Gasteiger partial charge in [0.25, 0.3) is 0 Å². The predicted octanol–water partition coefficient (Wildman–Crippen LogP) is 9.70. The van der Waals surface area contributed by atoms with E-state index < -0.39 is 0 Å². The van der Waals surface area contributed by atoms with Crippen LogP contribution in [0.5, 0.6) is 0 Å². The van der Waals surface area contributed by atoms with Crippen LogP contribution in [0.4, 0.5) is 17.6 Å². The van der Waals surface area contributed by atoms with Crippen molar-refractivity contribution >= 4 is 123 Å². The maximum absolute atomic E-state index is 15.3. The molecule has 2 aromatic carbocycles. The van der Waals surface area contributed by atoms with E-state index in [0.29, 0.717) is 29.4 Å². The Bertz CT molecular complexity index is 2010. The predicted molar refractivity (Wildman–Crippen MR) is 150 cm³/mol. The number of halogens is 4. The molecule has 0 aliphatic heterocycles. The summed E-state index contributed by atoms with van der Waals surface area (Å²) in [6, 6.07) is 10.7. The topological polar surface area (TPSA) is 0 Å². The Morgan fingerprint density at radius 2 is 1.00 bits per heavy atom. The SMILES string of the molecule is Fc1ccsc1-c1[se]c2cc3c(cc2c1F)sc1c2cc4[se]c(-c5sccc5F)c(F)c4cc2sc31. The van der Waals surface area contributed by atoms with Crippen molar-refractivity contribution in [3.05, 3.63) is 70.4 Å². The number of hydrogen-bond acceptors (Lipinski definition) is 4. The molecule has 8 aromatic rings. The quantitative estimate of drug-likeness (QED) is 0.126. The molecule has 0 aliphatic carbocycles. The Hall–Kier alpha value is -1.74. The molecule has 0 saturated heterocycles. The first-order chi connectivity index (χ1) is 17.5. The summed E-state index contributed by atoms with van der Waals surface area (Å²) in [5.74, 6) is -1.36. The van der Waals surface area contributed by atoms with Crippen molar-refractivity contribution in [1.82, 2.24) is 0 Å². The van der Waals surface area contributed by atoms with Crippen molar-refractivity contribution in [3.8, 4) is 18.6 Å². The van der Waals surface area contributed by atoms with E-state index in [9.17, 15) is 8.78 Å². The first-order valence-electron chi connectivity index (χ1n) is 10.6. The number of fused-ring (bicyclic) bond motifs is 7. The summed E-state index contributed by atoms with van der Waals surface area (Å²) in [6.45, 7) is 0. The first kappa shape index (κ1) is 22.3. The molecule has 0 saturated carbocycles. The summed E-state index contributed by atoms with van der Waals surface area (Å²) < 4.78 is 66.0. The summed E-state index contributed by atoms with van der Waals surface area (Å²) >= 11 is 5.08. The van der Waals surface area contributed by atoms with Gasteiger partial charge in [-0.05, 0) is 0 Å². The second-order valence-corrected chi connectivity index (χ2v) is 16.6. The molecular weight excluding hydrogens is 674 g/mol. The standard InChI is InChI=1S/C26H8F4S4Se2/c27-13-1-3-31-23(13)25-19(29)11-5-15-9(7-17(11)35-25)21-22(33-15)10-8-18-12(6-16(10)34-21)20(30)26(36-18)24-14(28)2-4-32-24/h1-8H. The third kappa shape index (κ3) is 3.01. The molecule has 0 amide bonds. The van der Waals surface area contributed by atoms with E-state index in [1.165, 1.54) is 34.8 Å². The number of rotatable bonds is 2. The van der Waals surface area contributed by atoms with Gasteiger partial charge in [-0.1, -0.05) is 0 Å². The molecule has 0 spiro atoms. The Labute approximate surface area is 228 Å². The minimum absolute atomic E-state index is 0.310. The molecule has 0 radical (unpaired) electrons. The van der Waals surface area contributed by atoms with Crippen LogP contribution in [-0.4, -0.2) is 29.0 Å². The molecule has 0 N–H and O–H groups in total. The van der Waals surface area contributed by atoms with Gasteiger partial charge in [-0.25, -0.2) is 0 Å². The van der Waals surface area contributed by atoms with Gasteiger partial charge in [-0.3, -0.25) is 0 Å². The number of benzene rings is 2. The average Bonchev–Trinajstić information content (AvgIpc) is 3.69. The molecular formula is C26H8F4S4Se2. The normalized spacial score (nSPS) is 12.4. The van der Waals surface area contributed by atoms with E-state index in [1.807, 2.05) is 12.1 Å². The molecule has 36 heavy (non-hydrogen) atoms. The zero-order valence-corrected chi connectivity index (χ0v) is 24.3. The second kappa shape index (κ2) is 7.88. The average molecular weight is 683 g/mol. The van der Waals surface area contributed by atoms with Crippen molar-refractivity contribution in [3.63, 3.8) is 0 Å². The molecule has 0 atom stereocenters. The fourth-order valence-corrected chi connectivity index (χ4v) is 14.1. The van der Waals surface area contributed by atoms with Crippen LogP contribution in [0.15, 0.2) is 47.2 Å². The van der Waals surface area contributed by atoms with Gasteiger partial charge in [-0.2, -0.15) is 0 Å². The van der Waals surface area contributed by atoms with Crippen molar-refractivity contribution < 1.29 is 17.6 Å². The van der Waals surface area contributed by atoms with Crippen molar-refractivity contribution in [2.75, 3.05) is 0 Å². The number of hydrogen-bond donors (Lipinski definition) is 0. The summed E-state index contributed by atoms with van der Waals surface area (Å²) in [7, 11) is 0. The molecule has 0 unspecified atom stereocenters.